The van der Waals surface area contributed by atoms with Crippen molar-refractivity contribution in [2.75, 3.05) is 46.6 Å². The first kappa shape index (κ1) is 15.4. The van der Waals surface area contributed by atoms with Gasteiger partial charge in [-0.3, -0.25) is 4.90 Å². The molecule has 0 aliphatic heterocycles. The van der Waals surface area contributed by atoms with E-state index in [1.165, 1.54) is 0 Å². The highest BCUT2D eigenvalue weighted by molar-refractivity contribution is 5.36. The third kappa shape index (κ3) is 6.20. The van der Waals surface area contributed by atoms with E-state index < -0.39 is 0 Å². The average molecular weight is 264 g/mol. The van der Waals surface area contributed by atoms with Crippen molar-refractivity contribution in [1.29, 1.82) is 5.26 Å². The van der Waals surface area contributed by atoms with Crippen molar-refractivity contribution in [2.45, 2.75) is 0 Å². The van der Waals surface area contributed by atoms with Crippen LogP contribution in [0.2, 0.25) is 0 Å². The lowest BCUT2D eigenvalue weighted by Crippen LogP contribution is -2.33. The number of aliphatic hydroxyl groups is 1. The van der Waals surface area contributed by atoms with Crippen LogP contribution in [0, 0.1) is 11.3 Å². The SMILES string of the molecule is COCCN(CCO)CCOc1cccc(C#N)c1. The van der Waals surface area contributed by atoms with Gasteiger partial charge in [-0.15, -0.1) is 0 Å². The molecule has 0 spiro atoms. The summed E-state index contributed by atoms with van der Waals surface area (Å²) in [4.78, 5) is 2.07. The lowest BCUT2D eigenvalue weighted by molar-refractivity contribution is 0.118. The molecule has 0 heterocycles. The number of ether oxygens (including phenoxy) is 2. The molecule has 0 saturated heterocycles. The molecule has 0 unspecified atom stereocenters. The van der Waals surface area contributed by atoms with Crippen molar-refractivity contribution >= 4 is 0 Å². The van der Waals surface area contributed by atoms with Crippen LogP contribution in [-0.2, 0) is 4.74 Å². The molecule has 0 saturated carbocycles. The van der Waals surface area contributed by atoms with Gasteiger partial charge in [-0.1, -0.05) is 6.07 Å². The zero-order valence-corrected chi connectivity index (χ0v) is 11.2. The Bertz CT molecular complexity index is 404. The van der Waals surface area contributed by atoms with Crippen LogP contribution in [0.3, 0.4) is 0 Å². The van der Waals surface area contributed by atoms with E-state index in [2.05, 4.69) is 11.0 Å². The number of hydrogen-bond acceptors (Lipinski definition) is 5. The fraction of sp³-hybridized carbons (Fsp3) is 0.500. The molecule has 0 aliphatic rings. The molecule has 1 aromatic carbocycles. The minimum atomic E-state index is 0.119. The average Bonchev–Trinajstić information content (AvgIpc) is 2.45. The molecule has 5 heteroatoms. The van der Waals surface area contributed by atoms with E-state index >= 15 is 0 Å². The standard InChI is InChI=1S/C14H20N2O3/c1-18-9-6-16(5-8-17)7-10-19-14-4-2-3-13(11-14)12-15/h2-4,11,17H,5-10H2,1H3. The Hall–Kier alpha value is -1.61. The molecule has 1 N–H and O–H groups in total. The third-order valence-electron chi connectivity index (χ3n) is 2.67. The molecule has 0 radical (unpaired) electrons. The van der Waals surface area contributed by atoms with E-state index in [0.29, 0.717) is 37.6 Å². The van der Waals surface area contributed by atoms with E-state index in [-0.39, 0.29) is 6.61 Å². The van der Waals surface area contributed by atoms with Crippen LogP contribution >= 0.6 is 0 Å². The monoisotopic (exact) mass is 264 g/mol. The summed E-state index contributed by atoms with van der Waals surface area (Å²) >= 11 is 0. The lowest BCUT2D eigenvalue weighted by Gasteiger charge is -2.20. The van der Waals surface area contributed by atoms with Gasteiger partial charge in [-0.05, 0) is 18.2 Å². The van der Waals surface area contributed by atoms with Gasteiger partial charge < -0.3 is 14.6 Å². The molecule has 0 bridgehead atoms. The van der Waals surface area contributed by atoms with Gasteiger partial charge in [0.1, 0.15) is 12.4 Å². The summed E-state index contributed by atoms with van der Waals surface area (Å²) in [5, 5.41) is 17.7. The normalized spacial score (nSPS) is 10.4. The van der Waals surface area contributed by atoms with Gasteiger partial charge in [0.2, 0.25) is 0 Å². The van der Waals surface area contributed by atoms with E-state index in [9.17, 15) is 0 Å². The van der Waals surface area contributed by atoms with Crippen LogP contribution in [0.5, 0.6) is 5.75 Å². The number of hydrogen-bond donors (Lipinski definition) is 1. The van der Waals surface area contributed by atoms with Crippen LogP contribution in [0.1, 0.15) is 5.56 Å². The maximum Gasteiger partial charge on any atom is 0.120 e. The van der Waals surface area contributed by atoms with Crippen LogP contribution in [0.15, 0.2) is 24.3 Å². The van der Waals surface area contributed by atoms with E-state index in [1.807, 2.05) is 6.07 Å². The Morgan fingerprint density at radius 3 is 2.74 bits per heavy atom. The van der Waals surface area contributed by atoms with E-state index in [1.54, 1.807) is 25.3 Å². The topological polar surface area (TPSA) is 65.7 Å². The van der Waals surface area contributed by atoms with Crippen LogP contribution in [0.4, 0.5) is 0 Å². The Kier molecular flexibility index (Phi) is 7.59. The summed E-state index contributed by atoms with van der Waals surface area (Å²) in [6, 6.07) is 9.15. The fourth-order valence-corrected chi connectivity index (χ4v) is 1.65. The van der Waals surface area contributed by atoms with Crippen molar-refractivity contribution < 1.29 is 14.6 Å². The summed E-state index contributed by atoms with van der Waals surface area (Å²) in [5.41, 5.74) is 0.587. The second-order valence-electron chi connectivity index (χ2n) is 4.05. The van der Waals surface area contributed by atoms with E-state index in [0.717, 1.165) is 6.54 Å². The first-order valence-corrected chi connectivity index (χ1v) is 6.25. The van der Waals surface area contributed by atoms with Crippen LogP contribution in [-0.4, -0.2) is 56.6 Å². The Morgan fingerprint density at radius 2 is 2.05 bits per heavy atom. The lowest BCUT2D eigenvalue weighted by atomic mass is 10.2. The van der Waals surface area contributed by atoms with Crippen molar-refractivity contribution in [1.82, 2.24) is 4.90 Å². The van der Waals surface area contributed by atoms with Gasteiger partial charge in [-0.25, -0.2) is 0 Å². The molecule has 104 valence electrons. The molecule has 0 aliphatic carbocycles. The zero-order valence-electron chi connectivity index (χ0n) is 11.2. The molecule has 0 amide bonds. The summed E-state index contributed by atoms with van der Waals surface area (Å²) in [5.74, 6) is 0.690. The molecule has 1 rings (SSSR count). The molecule has 0 aromatic heterocycles. The third-order valence-corrected chi connectivity index (χ3v) is 2.67. The highest BCUT2D eigenvalue weighted by Crippen LogP contribution is 2.12. The number of nitriles is 1. The number of aliphatic hydroxyl groups excluding tert-OH is 1. The molecular weight excluding hydrogens is 244 g/mol. The Morgan fingerprint density at radius 1 is 1.26 bits per heavy atom. The van der Waals surface area contributed by atoms with Crippen molar-refractivity contribution in [3.63, 3.8) is 0 Å². The van der Waals surface area contributed by atoms with Gasteiger partial charge >= 0.3 is 0 Å². The minimum Gasteiger partial charge on any atom is -0.492 e. The van der Waals surface area contributed by atoms with Gasteiger partial charge in [0.15, 0.2) is 0 Å². The Labute approximate surface area is 114 Å². The first-order chi connectivity index (χ1) is 9.30. The predicted octanol–water partition coefficient (Wildman–Crippen LogP) is 0.878. The van der Waals surface area contributed by atoms with E-state index in [4.69, 9.17) is 19.8 Å². The molecule has 1 aromatic rings. The Balaban J connectivity index is 2.36. The smallest absolute Gasteiger partial charge is 0.120 e. The maximum absolute atomic E-state index is 8.96. The molecule has 0 fully saturated rings. The largest absolute Gasteiger partial charge is 0.492 e. The van der Waals surface area contributed by atoms with Gasteiger partial charge in [0.05, 0.1) is 24.8 Å². The first-order valence-electron chi connectivity index (χ1n) is 6.25. The van der Waals surface area contributed by atoms with Gasteiger partial charge in [-0.2, -0.15) is 5.26 Å². The summed E-state index contributed by atoms with van der Waals surface area (Å²) < 4.78 is 10.6. The molecule has 0 atom stereocenters. The van der Waals surface area contributed by atoms with Crippen molar-refractivity contribution in [3.8, 4) is 11.8 Å². The van der Waals surface area contributed by atoms with Crippen LogP contribution in [0.25, 0.3) is 0 Å². The van der Waals surface area contributed by atoms with Gasteiger partial charge in [0, 0.05) is 26.7 Å². The minimum absolute atomic E-state index is 0.119. The number of rotatable bonds is 9. The number of methoxy groups -OCH3 is 1. The zero-order chi connectivity index (χ0) is 13.9. The fourth-order valence-electron chi connectivity index (χ4n) is 1.65. The summed E-state index contributed by atoms with van der Waals surface area (Å²) in [6.45, 7) is 3.33. The second kappa shape index (κ2) is 9.34. The molecule has 19 heavy (non-hydrogen) atoms. The van der Waals surface area contributed by atoms with Gasteiger partial charge in [0.25, 0.3) is 0 Å². The second-order valence-corrected chi connectivity index (χ2v) is 4.05. The quantitative estimate of drug-likeness (QED) is 0.717. The summed E-state index contributed by atoms with van der Waals surface area (Å²) in [7, 11) is 1.65. The predicted molar refractivity (Wildman–Crippen MR) is 72.1 cm³/mol. The highest BCUT2D eigenvalue weighted by Gasteiger charge is 2.04. The summed E-state index contributed by atoms with van der Waals surface area (Å²) in [6.07, 6.45) is 0. The number of benzene rings is 1. The van der Waals surface area contributed by atoms with Crippen LogP contribution < -0.4 is 4.74 Å². The highest BCUT2D eigenvalue weighted by atomic mass is 16.5. The maximum atomic E-state index is 8.96. The molecular formula is C14H20N2O3. The number of nitrogens with zero attached hydrogens (tertiary/aromatic N) is 2. The van der Waals surface area contributed by atoms with Crippen molar-refractivity contribution in [2.24, 2.45) is 0 Å². The molecule has 5 nitrogen and oxygen atoms in total. The van der Waals surface area contributed by atoms with Crippen molar-refractivity contribution in [3.05, 3.63) is 29.8 Å².